The van der Waals surface area contributed by atoms with Gasteiger partial charge in [-0.1, -0.05) is 13.8 Å². The van der Waals surface area contributed by atoms with Crippen molar-refractivity contribution in [2.24, 2.45) is 11.1 Å². The van der Waals surface area contributed by atoms with Crippen LogP contribution in [0.5, 0.6) is 0 Å². The molecule has 1 aromatic carbocycles. The highest BCUT2D eigenvalue weighted by Gasteiger charge is 2.35. The van der Waals surface area contributed by atoms with Crippen LogP contribution in [0.15, 0.2) is 22.8 Å². The number of aryl methyl sites for hydroxylation is 2. The zero-order chi connectivity index (χ0) is 16.8. The predicted molar refractivity (Wildman–Crippen MR) is 92.3 cm³/mol. The van der Waals surface area contributed by atoms with Gasteiger partial charge in [0.05, 0.1) is 12.7 Å². The maximum Gasteiger partial charge on any atom is 0.227 e. The first-order valence-electron chi connectivity index (χ1n) is 8.28. The number of piperidine rings is 1. The van der Waals surface area contributed by atoms with E-state index in [1.165, 1.54) is 11.1 Å². The molecule has 2 heterocycles. The van der Waals surface area contributed by atoms with E-state index >= 15 is 0 Å². The van der Waals surface area contributed by atoms with Gasteiger partial charge in [-0.3, -0.25) is 4.79 Å². The molecule has 0 saturated carbocycles. The molecular formula is C19H26N2O2. The van der Waals surface area contributed by atoms with Gasteiger partial charge >= 0.3 is 0 Å². The number of rotatable bonds is 2. The summed E-state index contributed by atoms with van der Waals surface area (Å²) in [7, 11) is 0. The smallest absolute Gasteiger partial charge is 0.227 e. The van der Waals surface area contributed by atoms with Crippen LogP contribution in [0.1, 0.15) is 37.0 Å². The Balaban J connectivity index is 1.80. The molecule has 23 heavy (non-hydrogen) atoms. The van der Waals surface area contributed by atoms with Crippen LogP contribution in [0.4, 0.5) is 0 Å². The van der Waals surface area contributed by atoms with Gasteiger partial charge < -0.3 is 15.1 Å². The summed E-state index contributed by atoms with van der Waals surface area (Å²) < 4.78 is 5.64. The predicted octanol–water partition coefficient (Wildman–Crippen LogP) is 3.18. The lowest BCUT2D eigenvalue weighted by atomic mass is 9.79. The van der Waals surface area contributed by atoms with E-state index in [4.69, 9.17) is 10.2 Å². The number of benzene rings is 1. The minimum absolute atomic E-state index is 0.0277. The number of fused-ring (bicyclic) bond motifs is 1. The Morgan fingerprint density at radius 1 is 1.35 bits per heavy atom. The van der Waals surface area contributed by atoms with Crippen LogP contribution in [0.25, 0.3) is 11.0 Å². The summed E-state index contributed by atoms with van der Waals surface area (Å²) in [6, 6.07) is 4.32. The molecule has 1 unspecified atom stereocenters. The Morgan fingerprint density at radius 2 is 2.04 bits per heavy atom. The summed E-state index contributed by atoms with van der Waals surface area (Å²) in [4.78, 5) is 14.6. The molecule has 4 heteroatoms. The van der Waals surface area contributed by atoms with Crippen LogP contribution in [-0.4, -0.2) is 29.9 Å². The number of nitrogens with two attached hydrogens (primary N) is 1. The van der Waals surface area contributed by atoms with Gasteiger partial charge in [0.2, 0.25) is 5.91 Å². The van der Waals surface area contributed by atoms with E-state index in [0.717, 1.165) is 36.0 Å². The molecule has 2 N–H and O–H groups in total. The molecule has 0 radical (unpaired) electrons. The Bertz CT molecular complexity index is 745. The minimum Gasteiger partial charge on any atom is -0.464 e. The van der Waals surface area contributed by atoms with E-state index in [-0.39, 0.29) is 17.4 Å². The van der Waals surface area contributed by atoms with Crippen molar-refractivity contribution in [3.8, 4) is 0 Å². The lowest BCUT2D eigenvalue weighted by molar-refractivity contribution is -0.133. The van der Waals surface area contributed by atoms with E-state index < -0.39 is 0 Å². The minimum atomic E-state index is -0.0277. The Hall–Kier alpha value is -1.81. The van der Waals surface area contributed by atoms with Crippen molar-refractivity contribution in [2.45, 2.75) is 46.6 Å². The van der Waals surface area contributed by atoms with Crippen molar-refractivity contribution in [1.82, 2.24) is 4.90 Å². The van der Waals surface area contributed by atoms with Crippen LogP contribution >= 0.6 is 0 Å². The molecule has 1 aliphatic heterocycles. The Labute approximate surface area is 137 Å². The van der Waals surface area contributed by atoms with Gasteiger partial charge in [0.25, 0.3) is 0 Å². The molecule has 0 aliphatic carbocycles. The lowest BCUT2D eigenvalue weighted by Gasteiger charge is -2.42. The number of furan rings is 1. The number of amides is 1. The van der Waals surface area contributed by atoms with Gasteiger partial charge in [0.15, 0.2) is 0 Å². The second kappa shape index (κ2) is 5.68. The van der Waals surface area contributed by atoms with Gasteiger partial charge in [-0.05, 0) is 48.9 Å². The maximum absolute atomic E-state index is 12.7. The van der Waals surface area contributed by atoms with Crippen LogP contribution in [-0.2, 0) is 11.2 Å². The maximum atomic E-state index is 12.7. The molecule has 0 bridgehead atoms. The third-order valence-corrected chi connectivity index (χ3v) is 5.28. The van der Waals surface area contributed by atoms with Gasteiger partial charge in [-0.15, -0.1) is 0 Å². The summed E-state index contributed by atoms with van der Waals surface area (Å²) >= 11 is 0. The molecule has 1 aliphatic rings. The van der Waals surface area contributed by atoms with Crippen molar-refractivity contribution in [1.29, 1.82) is 0 Å². The number of nitrogens with zero attached hydrogens (tertiary/aromatic N) is 1. The molecule has 1 atom stereocenters. The Morgan fingerprint density at radius 3 is 2.74 bits per heavy atom. The molecule has 0 spiro atoms. The van der Waals surface area contributed by atoms with Crippen LogP contribution < -0.4 is 5.73 Å². The van der Waals surface area contributed by atoms with Crippen molar-refractivity contribution in [3.63, 3.8) is 0 Å². The third-order valence-electron chi connectivity index (χ3n) is 5.28. The SMILES string of the molecule is Cc1cc2occ(CC(=O)N3CCC(N)C(C)(C)C3)c2cc1C. The molecule has 124 valence electrons. The molecule has 2 aromatic rings. The normalized spacial score (nSPS) is 20.9. The fourth-order valence-electron chi connectivity index (χ4n) is 3.33. The molecule has 1 amide bonds. The second-order valence-corrected chi connectivity index (χ2v) is 7.57. The van der Waals surface area contributed by atoms with Gasteiger partial charge in [0, 0.05) is 30.1 Å². The molecule has 1 saturated heterocycles. The van der Waals surface area contributed by atoms with Crippen molar-refractivity contribution < 1.29 is 9.21 Å². The van der Waals surface area contributed by atoms with Crippen LogP contribution in [0.2, 0.25) is 0 Å². The summed E-state index contributed by atoms with van der Waals surface area (Å²) in [6.45, 7) is 9.90. The average Bonchev–Trinajstić information content (AvgIpc) is 2.84. The summed E-state index contributed by atoms with van der Waals surface area (Å²) in [5.41, 5.74) is 10.4. The van der Waals surface area contributed by atoms with E-state index in [1.54, 1.807) is 6.26 Å². The molecule has 1 fully saturated rings. The largest absolute Gasteiger partial charge is 0.464 e. The molecule has 1 aromatic heterocycles. The average molecular weight is 314 g/mol. The zero-order valence-corrected chi connectivity index (χ0v) is 14.5. The van der Waals surface area contributed by atoms with Gasteiger partial charge in [-0.25, -0.2) is 0 Å². The highest BCUT2D eigenvalue weighted by atomic mass is 16.3. The monoisotopic (exact) mass is 314 g/mol. The van der Waals surface area contributed by atoms with Gasteiger partial charge in [0.1, 0.15) is 5.58 Å². The first-order chi connectivity index (χ1) is 10.8. The first kappa shape index (κ1) is 16.1. The highest BCUT2D eigenvalue weighted by molar-refractivity contribution is 5.88. The number of carbonyl (C=O) groups excluding carboxylic acids is 1. The van der Waals surface area contributed by atoms with Crippen LogP contribution in [0.3, 0.4) is 0 Å². The summed E-state index contributed by atoms with van der Waals surface area (Å²) in [5.74, 6) is 0.158. The van der Waals surface area contributed by atoms with E-state index in [1.807, 2.05) is 11.0 Å². The van der Waals surface area contributed by atoms with E-state index in [0.29, 0.717) is 6.42 Å². The third kappa shape index (κ3) is 3.00. The lowest BCUT2D eigenvalue weighted by Crippen LogP contribution is -2.54. The summed E-state index contributed by atoms with van der Waals surface area (Å²) in [6.07, 6.45) is 2.98. The van der Waals surface area contributed by atoms with E-state index in [2.05, 4.69) is 33.8 Å². The zero-order valence-electron chi connectivity index (χ0n) is 14.5. The van der Waals surface area contributed by atoms with E-state index in [9.17, 15) is 4.79 Å². The number of carbonyl (C=O) groups is 1. The van der Waals surface area contributed by atoms with Crippen LogP contribution in [0, 0.1) is 19.3 Å². The van der Waals surface area contributed by atoms with Crippen molar-refractivity contribution >= 4 is 16.9 Å². The van der Waals surface area contributed by atoms with Crippen molar-refractivity contribution in [2.75, 3.05) is 13.1 Å². The first-order valence-corrected chi connectivity index (χ1v) is 8.28. The summed E-state index contributed by atoms with van der Waals surface area (Å²) in [5, 5.41) is 1.05. The van der Waals surface area contributed by atoms with Gasteiger partial charge in [-0.2, -0.15) is 0 Å². The Kier molecular flexibility index (Phi) is 3.96. The molecular weight excluding hydrogens is 288 g/mol. The number of likely N-dealkylation sites (tertiary alicyclic amines) is 1. The van der Waals surface area contributed by atoms with Crippen molar-refractivity contribution in [3.05, 3.63) is 35.1 Å². The number of hydrogen-bond acceptors (Lipinski definition) is 3. The topological polar surface area (TPSA) is 59.5 Å². The molecule has 4 nitrogen and oxygen atoms in total. The molecule has 3 rings (SSSR count). The number of hydrogen-bond donors (Lipinski definition) is 1. The second-order valence-electron chi connectivity index (χ2n) is 7.57. The fourth-order valence-corrected chi connectivity index (χ4v) is 3.33. The standard InChI is InChI=1S/C19H26N2O2/c1-12-7-15-14(10-23-16(15)8-13(12)2)9-18(22)21-6-5-17(20)19(3,4)11-21/h7-8,10,17H,5-6,9,11,20H2,1-4H3. The highest BCUT2D eigenvalue weighted by Crippen LogP contribution is 2.29. The quantitative estimate of drug-likeness (QED) is 0.926. The fraction of sp³-hybridized carbons (Fsp3) is 0.526.